The van der Waals surface area contributed by atoms with Gasteiger partial charge in [0.2, 0.25) is 5.91 Å². The third-order valence-electron chi connectivity index (χ3n) is 2.87. The van der Waals surface area contributed by atoms with Crippen LogP contribution in [-0.4, -0.2) is 47.8 Å². The number of amides is 1. The summed E-state index contributed by atoms with van der Waals surface area (Å²) >= 11 is 0. The molecule has 0 heterocycles. The van der Waals surface area contributed by atoms with E-state index in [0.717, 1.165) is 36.7 Å². The fraction of sp³-hybridized carbons (Fsp3) is 0.750. The summed E-state index contributed by atoms with van der Waals surface area (Å²) in [7, 11) is 0. The quantitative estimate of drug-likeness (QED) is 0.436. The Hall–Kier alpha value is -0.390. The van der Waals surface area contributed by atoms with Crippen LogP contribution in [0, 0.1) is 0 Å². The summed E-state index contributed by atoms with van der Waals surface area (Å²) in [6.07, 6.45) is 0.884. The second-order valence-electron chi connectivity index (χ2n) is 3.93. The molecule has 17 heavy (non-hydrogen) atoms. The maximum atomic E-state index is 9.47. The monoisotopic (exact) mass is 310 g/mol. The zero-order chi connectivity index (χ0) is 13.2. The first-order valence-electron chi connectivity index (χ1n) is 5.82. The Morgan fingerprint density at radius 2 is 1.65 bits per heavy atom. The van der Waals surface area contributed by atoms with Crippen molar-refractivity contribution in [3.8, 4) is 0 Å². The fourth-order valence-corrected chi connectivity index (χ4v) is 1.62. The van der Waals surface area contributed by atoms with Gasteiger partial charge in [-0.15, -0.1) is 0 Å². The number of hydrogen-bond acceptors (Lipinski definition) is 2. The van der Waals surface area contributed by atoms with Gasteiger partial charge < -0.3 is 32.3 Å². The van der Waals surface area contributed by atoms with Gasteiger partial charge in [-0.3, -0.25) is 4.79 Å². The van der Waals surface area contributed by atoms with E-state index in [-0.39, 0.29) is 23.1 Å². The van der Waals surface area contributed by atoms with Gasteiger partial charge in [-0.25, -0.2) is 0 Å². The molecule has 0 rings (SSSR count). The fourth-order valence-electron chi connectivity index (χ4n) is 1.62. The second-order valence-corrected chi connectivity index (χ2v) is 3.93. The molecule has 0 aromatic carbocycles. The summed E-state index contributed by atoms with van der Waals surface area (Å²) in [6.45, 7) is 15.8. The van der Waals surface area contributed by atoms with Crippen molar-refractivity contribution < 1.29 is 31.4 Å². The number of hydrogen-bond donors (Lipinski definition) is 2. The van der Waals surface area contributed by atoms with Crippen molar-refractivity contribution >= 4 is 5.91 Å². The Bertz CT molecular complexity index is 196. The minimum Gasteiger partial charge on any atom is -1.00 e. The van der Waals surface area contributed by atoms with E-state index in [1.807, 2.05) is 6.92 Å². The van der Waals surface area contributed by atoms with Crippen LogP contribution < -0.4 is 22.7 Å². The summed E-state index contributed by atoms with van der Waals surface area (Å²) in [5.74, 6) is -0.481. The Kier molecular flexibility index (Phi) is 15.5. The molecular weight excluding hydrogens is 284 g/mol. The van der Waals surface area contributed by atoms with E-state index >= 15 is 0 Å². The SMILES string of the molecule is C=CC(N)=O.CC[N+](CC)(CC)CC(C)O.[Br-]. The number of quaternary nitrogens is 1. The summed E-state index contributed by atoms with van der Waals surface area (Å²) in [4.78, 5) is 9.47. The third-order valence-corrected chi connectivity index (χ3v) is 2.87. The zero-order valence-corrected chi connectivity index (χ0v) is 13.0. The number of nitrogens with zero attached hydrogens (tertiary/aromatic N) is 1. The van der Waals surface area contributed by atoms with E-state index in [0.29, 0.717) is 0 Å². The van der Waals surface area contributed by atoms with Gasteiger partial charge in [0.25, 0.3) is 0 Å². The van der Waals surface area contributed by atoms with Crippen LogP contribution in [0.3, 0.4) is 0 Å². The van der Waals surface area contributed by atoms with Gasteiger partial charge in [0.15, 0.2) is 0 Å². The lowest BCUT2D eigenvalue weighted by Gasteiger charge is -2.36. The predicted octanol–water partition coefficient (Wildman–Crippen LogP) is -2.09. The van der Waals surface area contributed by atoms with Crippen molar-refractivity contribution in [2.45, 2.75) is 33.8 Å². The minimum absolute atomic E-state index is 0. The summed E-state index contributed by atoms with van der Waals surface area (Å²) in [6, 6.07) is 0. The Morgan fingerprint density at radius 3 is 1.71 bits per heavy atom. The van der Waals surface area contributed by atoms with Crippen molar-refractivity contribution in [3.63, 3.8) is 0 Å². The van der Waals surface area contributed by atoms with E-state index in [1.165, 1.54) is 0 Å². The second kappa shape index (κ2) is 12.1. The highest BCUT2D eigenvalue weighted by molar-refractivity contribution is 5.84. The van der Waals surface area contributed by atoms with Gasteiger partial charge in [0.05, 0.1) is 19.6 Å². The molecule has 0 saturated heterocycles. The van der Waals surface area contributed by atoms with E-state index in [9.17, 15) is 9.90 Å². The molecule has 5 heteroatoms. The zero-order valence-electron chi connectivity index (χ0n) is 11.4. The number of carbonyl (C=O) groups is 1. The smallest absolute Gasteiger partial charge is 0.240 e. The number of likely N-dealkylation sites (N-methyl/N-ethyl adjacent to an activating group) is 1. The van der Waals surface area contributed by atoms with Gasteiger partial charge in [-0.2, -0.15) is 0 Å². The number of aliphatic hydroxyl groups is 1. The number of aliphatic hydroxyl groups excluding tert-OH is 1. The first-order chi connectivity index (χ1) is 7.37. The average molecular weight is 311 g/mol. The molecule has 0 aliphatic carbocycles. The highest BCUT2D eigenvalue weighted by Crippen LogP contribution is 2.06. The van der Waals surface area contributed by atoms with Crippen molar-refractivity contribution in [2.75, 3.05) is 26.2 Å². The van der Waals surface area contributed by atoms with Crippen LogP contribution >= 0.6 is 0 Å². The molecule has 1 amide bonds. The molecule has 0 spiro atoms. The first-order valence-corrected chi connectivity index (χ1v) is 5.82. The maximum Gasteiger partial charge on any atom is 0.240 e. The number of rotatable bonds is 6. The van der Waals surface area contributed by atoms with E-state index in [1.54, 1.807) is 0 Å². The standard InChI is InChI=1S/C9H22NO.C3H5NO.BrH/c1-5-10(6-2,7-3)8-9(4)11;1-2-3(4)5;/h9,11H,5-8H2,1-4H3;2H,1H2,(H2,4,5);1H/q+1;;/p-1. The highest BCUT2D eigenvalue weighted by Gasteiger charge is 2.22. The van der Waals surface area contributed by atoms with Crippen molar-refractivity contribution in [1.29, 1.82) is 0 Å². The van der Waals surface area contributed by atoms with Crippen LogP contribution in [0.2, 0.25) is 0 Å². The molecule has 3 N–H and O–H groups in total. The Morgan fingerprint density at radius 1 is 1.35 bits per heavy atom. The first kappa shape index (κ1) is 21.9. The van der Waals surface area contributed by atoms with Gasteiger partial charge in [0.1, 0.15) is 12.6 Å². The summed E-state index contributed by atoms with van der Waals surface area (Å²) in [5, 5.41) is 9.27. The molecule has 1 atom stereocenters. The van der Waals surface area contributed by atoms with Crippen LogP contribution in [0.4, 0.5) is 0 Å². The predicted molar refractivity (Wildman–Crippen MR) is 67.8 cm³/mol. The van der Waals surface area contributed by atoms with Crippen molar-refractivity contribution in [2.24, 2.45) is 5.73 Å². The largest absolute Gasteiger partial charge is 1.00 e. The molecule has 0 radical (unpaired) electrons. The lowest BCUT2D eigenvalue weighted by atomic mass is 10.2. The van der Waals surface area contributed by atoms with Crippen LogP contribution in [0.5, 0.6) is 0 Å². The van der Waals surface area contributed by atoms with Gasteiger partial charge >= 0.3 is 0 Å². The molecule has 0 aromatic heterocycles. The Balaban J connectivity index is -0.000000280. The van der Waals surface area contributed by atoms with Gasteiger partial charge in [0, 0.05) is 0 Å². The number of halogens is 1. The lowest BCUT2D eigenvalue weighted by Crippen LogP contribution is -3.00. The van der Waals surface area contributed by atoms with Gasteiger partial charge in [-0.1, -0.05) is 6.58 Å². The molecule has 0 aromatic rings. The molecule has 0 saturated carbocycles. The van der Waals surface area contributed by atoms with Crippen LogP contribution in [-0.2, 0) is 4.79 Å². The lowest BCUT2D eigenvalue weighted by molar-refractivity contribution is -0.925. The van der Waals surface area contributed by atoms with Crippen LogP contribution in [0.1, 0.15) is 27.7 Å². The molecule has 0 aliphatic heterocycles. The van der Waals surface area contributed by atoms with E-state index in [2.05, 4.69) is 33.1 Å². The van der Waals surface area contributed by atoms with Crippen LogP contribution in [0.15, 0.2) is 12.7 Å². The molecule has 0 bridgehead atoms. The minimum atomic E-state index is -0.481. The molecule has 0 fully saturated rings. The van der Waals surface area contributed by atoms with Crippen LogP contribution in [0.25, 0.3) is 0 Å². The highest BCUT2D eigenvalue weighted by atomic mass is 79.9. The van der Waals surface area contributed by atoms with Gasteiger partial charge in [-0.05, 0) is 33.8 Å². The van der Waals surface area contributed by atoms with E-state index < -0.39 is 5.91 Å². The number of carbonyl (C=O) groups excluding carboxylic acids is 1. The topological polar surface area (TPSA) is 63.3 Å². The number of nitrogens with two attached hydrogens (primary N) is 1. The van der Waals surface area contributed by atoms with Crippen molar-refractivity contribution in [1.82, 2.24) is 0 Å². The molecule has 1 unspecified atom stereocenters. The summed E-state index contributed by atoms with van der Waals surface area (Å²) < 4.78 is 1.04. The summed E-state index contributed by atoms with van der Waals surface area (Å²) in [5.41, 5.74) is 4.53. The molecule has 4 nitrogen and oxygen atoms in total. The molecular formula is C12H27BrN2O2. The number of primary amides is 1. The van der Waals surface area contributed by atoms with E-state index in [4.69, 9.17) is 0 Å². The molecule has 0 aliphatic rings. The Labute approximate surface area is 116 Å². The molecule has 104 valence electrons. The maximum absolute atomic E-state index is 9.47. The van der Waals surface area contributed by atoms with Crippen molar-refractivity contribution in [3.05, 3.63) is 12.7 Å². The third kappa shape index (κ3) is 11.9. The average Bonchev–Trinajstić information content (AvgIpc) is 2.26. The normalized spacial score (nSPS) is 11.6.